The summed E-state index contributed by atoms with van der Waals surface area (Å²) in [6, 6.07) is 5.63. The molecule has 0 aliphatic rings. The summed E-state index contributed by atoms with van der Waals surface area (Å²) < 4.78 is 5.41. The van der Waals surface area contributed by atoms with E-state index in [2.05, 4.69) is 18.7 Å². The summed E-state index contributed by atoms with van der Waals surface area (Å²) in [5, 5.41) is 9.70. The lowest BCUT2D eigenvalue weighted by molar-refractivity contribution is 0.223. The Morgan fingerprint density at radius 3 is 2.44 bits per heavy atom. The van der Waals surface area contributed by atoms with E-state index in [1.54, 1.807) is 6.07 Å². The first kappa shape index (κ1) is 14.8. The van der Waals surface area contributed by atoms with Crippen molar-refractivity contribution in [2.24, 2.45) is 5.73 Å². The van der Waals surface area contributed by atoms with Gasteiger partial charge in [0.05, 0.1) is 6.61 Å². The number of benzene rings is 1. The van der Waals surface area contributed by atoms with Gasteiger partial charge in [-0.2, -0.15) is 0 Å². The Morgan fingerprint density at radius 2 is 1.94 bits per heavy atom. The van der Waals surface area contributed by atoms with E-state index in [1.165, 1.54) is 0 Å². The van der Waals surface area contributed by atoms with E-state index >= 15 is 0 Å². The van der Waals surface area contributed by atoms with Crippen LogP contribution in [0.5, 0.6) is 11.5 Å². The molecular formula is C14H24N2O2. The van der Waals surface area contributed by atoms with E-state index in [0.717, 1.165) is 18.7 Å². The Kier molecular flexibility index (Phi) is 5.95. The average molecular weight is 252 g/mol. The molecule has 4 nitrogen and oxygen atoms in total. The Hall–Kier alpha value is -1.26. The van der Waals surface area contributed by atoms with E-state index in [0.29, 0.717) is 18.9 Å². The summed E-state index contributed by atoms with van der Waals surface area (Å²) >= 11 is 0. The first-order valence-electron chi connectivity index (χ1n) is 6.57. The highest BCUT2D eigenvalue weighted by atomic mass is 16.5. The van der Waals surface area contributed by atoms with Crippen LogP contribution in [0.4, 0.5) is 0 Å². The number of phenols is 1. The maximum absolute atomic E-state index is 9.70. The van der Waals surface area contributed by atoms with Crippen LogP contribution in [0.15, 0.2) is 18.2 Å². The number of aromatic hydroxyl groups is 1. The van der Waals surface area contributed by atoms with E-state index < -0.39 is 0 Å². The van der Waals surface area contributed by atoms with Gasteiger partial charge in [-0.1, -0.05) is 19.9 Å². The van der Waals surface area contributed by atoms with E-state index in [-0.39, 0.29) is 11.8 Å². The second-order valence-corrected chi connectivity index (χ2v) is 4.13. The molecule has 0 radical (unpaired) electrons. The van der Waals surface area contributed by atoms with Crippen molar-refractivity contribution in [1.82, 2.24) is 4.90 Å². The predicted octanol–water partition coefficient (Wildman–Crippen LogP) is 2.13. The zero-order valence-electron chi connectivity index (χ0n) is 11.5. The van der Waals surface area contributed by atoms with Crippen LogP contribution in [0.2, 0.25) is 0 Å². The fourth-order valence-electron chi connectivity index (χ4n) is 2.17. The normalized spacial score (nSPS) is 12.7. The lowest BCUT2D eigenvalue weighted by atomic mass is 10.0. The van der Waals surface area contributed by atoms with Crippen LogP contribution in [-0.2, 0) is 0 Å². The van der Waals surface area contributed by atoms with Gasteiger partial charge in [0, 0.05) is 12.6 Å². The second-order valence-electron chi connectivity index (χ2n) is 4.13. The van der Waals surface area contributed by atoms with Crippen LogP contribution < -0.4 is 10.5 Å². The predicted molar refractivity (Wildman–Crippen MR) is 74.0 cm³/mol. The van der Waals surface area contributed by atoms with Crippen molar-refractivity contribution < 1.29 is 9.84 Å². The molecule has 1 atom stereocenters. The molecule has 0 aliphatic heterocycles. The zero-order chi connectivity index (χ0) is 13.5. The topological polar surface area (TPSA) is 58.7 Å². The highest BCUT2D eigenvalue weighted by Gasteiger charge is 2.17. The lowest BCUT2D eigenvalue weighted by Crippen LogP contribution is -2.33. The molecule has 0 fully saturated rings. The fourth-order valence-corrected chi connectivity index (χ4v) is 2.17. The third kappa shape index (κ3) is 3.37. The minimum Gasteiger partial charge on any atom is -0.504 e. The van der Waals surface area contributed by atoms with Crippen LogP contribution in [0, 0.1) is 0 Å². The van der Waals surface area contributed by atoms with Crippen molar-refractivity contribution in [1.29, 1.82) is 0 Å². The largest absolute Gasteiger partial charge is 0.504 e. The molecule has 1 aromatic rings. The Morgan fingerprint density at radius 1 is 1.28 bits per heavy atom. The van der Waals surface area contributed by atoms with E-state index in [4.69, 9.17) is 10.5 Å². The van der Waals surface area contributed by atoms with Crippen LogP contribution >= 0.6 is 0 Å². The maximum atomic E-state index is 9.70. The minimum atomic E-state index is 0.166. The van der Waals surface area contributed by atoms with Crippen molar-refractivity contribution in [2.45, 2.75) is 26.8 Å². The number of likely N-dealkylation sites (N-methyl/N-ethyl adjacent to an activating group) is 1. The number of nitrogens with zero attached hydrogens (tertiary/aromatic N) is 1. The second kappa shape index (κ2) is 7.24. The lowest BCUT2D eigenvalue weighted by Gasteiger charge is -2.29. The smallest absolute Gasteiger partial charge is 0.161 e. The van der Waals surface area contributed by atoms with Gasteiger partial charge in [0.15, 0.2) is 11.5 Å². The molecule has 102 valence electrons. The molecule has 0 aliphatic carbocycles. The summed E-state index contributed by atoms with van der Waals surface area (Å²) in [6.45, 7) is 9.13. The van der Waals surface area contributed by atoms with E-state index in [1.807, 2.05) is 19.1 Å². The van der Waals surface area contributed by atoms with E-state index in [9.17, 15) is 5.11 Å². The van der Waals surface area contributed by atoms with Gasteiger partial charge in [0.2, 0.25) is 0 Å². The van der Waals surface area contributed by atoms with Crippen molar-refractivity contribution in [3.8, 4) is 11.5 Å². The Balaban J connectivity index is 3.02. The summed E-state index contributed by atoms with van der Waals surface area (Å²) in [4.78, 5) is 2.29. The molecule has 0 bridgehead atoms. The van der Waals surface area contributed by atoms with Gasteiger partial charge in [-0.25, -0.2) is 0 Å². The van der Waals surface area contributed by atoms with Gasteiger partial charge in [-0.3, -0.25) is 4.90 Å². The Labute approximate surface area is 109 Å². The monoisotopic (exact) mass is 252 g/mol. The van der Waals surface area contributed by atoms with Crippen molar-refractivity contribution in [2.75, 3.05) is 26.2 Å². The highest BCUT2D eigenvalue weighted by Crippen LogP contribution is 2.30. The van der Waals surface area contributed by atoms with Crippen molar-refractivity contribution in [3.05, 3.63) is 23.8 Å². The molecule has 0 saturated heterocycles. The van der Waals surface area contributed by atoms with Crippen LogP contribution in [0.1, 0.15) is 32.4 Å². The molecule has 1 unspecified atom stereocenters. The number of ether oxygens (including phenoxy) is 1. The molecule has 0 saturated carbocycles. The van der Waals surface area contributed by atoms with Gasteiger partial charge in [0.25, 0.3) is 0 Å². The number of nitrogens with two attached hydrogens (primary N) is 1. The van der Waals surface area contributed by atoms with Crippen LogP contribution in [-0.4, -0.2) is 36.2 Å². The van der Waals surface area contributed by atoms with Gasteiger partial charge in [-0.05, 0) is 37.7 Å². The molecule has 3 N–H and O–H groups in total. The summed E-state index contributed by atoms with van der Waals surface area (Å²) in [5.74, 6) is 0.705. The third-order valence-electron chi connectivity index (χ3n) is 3.14. The van der Waals surface area contributed by atoms with Crippen LogP contribution in [0.3, 0.4) is 0 Å². The highest BCUT2D eigenvalue weighted by molar-refractivity contribution is 5.42. The van der Waals surface area contributed by atoms with Gasteiger partial charge in [-0.15, -0.1) is 0 Å². The maximum Gasteiger partial charge on any atom is 0.161 e. The van der Waals surface area contributed by atoms with Crippen molar-refractivity contribution in [3.63, 3.8) is 0 Å². The first-order valence-corrected chi connectivity index (χ1v) is 6.57. The average Bonchev–Trinajstić information content (AvgIpc) is 2.39. The molecular weight excluding hydrogens is 228 g/mol. The number of hydrogen-bond donors (Lipinski definition) is 2. The quantitative estimate of drug-likeness (QED) is 0.780. The van der Waals surface area contributed by atoms with Gasteiger partial charge in [0.1, 0.15) is 0 Å². The fraction of sp³-hybridized carbons (Fsp3) is 0.571. The third-order valence-corrected chi connectivity index (χ3v) is 3.14. The van der Waals surface area contributed by atoms with Crippen LogP contribution in [0.25, 0.3) is 0 Å². The SMILES string of the molecule is CCOc1cc(C(CN)N(CC)CC)ccc1O. The summed E-state index contributed by atoms with van der Waals surface area (Å²) in [7, 11) is 0. The molecule has 1 rings (SSSR count). The molecule has 0 amide bonds. The summed E-state index contributed by atoms with van der Waals surface area (Å²) in [5.41, 5.74) is 6.96. The van der Waals surface area contributed by atoms with Gasteiger partial charge < -0.3 is 15.6 Å². The number of phenolic OH excluding ortho intramolecular Hbond substituents is 1. The number of rotatable bonds is 7. The molecule has 4 heteroatoms. The Bertz CT molecular complexity index is 365. The van der Waals surface area contributed by atoms with Crippen molar-refractivity contribution >= 4 is 0 Å². The molecule has 0 aromatic heterocycles. The zero-order valence-corrected chi connectivity index (χ0v) is 11.5. The molecule has 18 heavy (non-hydrogen) atoms. The first-order chi connectivity index (χ1) is 8.67. The van der Waals surface area contributed by atoms with Gasteiger partial charge >= 0.3 is 0 Å². The number of hydrogen-bond acceptors (Lipinski definition) is 4. The minimum absolute atomic E-state index is 0.166. The molecule has 1 aromatic carbocycles. The summed E-state index contributed by atoms with van der Waals surface area (Å²) in [6.07, 6.45) is 0. The molecule has 0 spiro atoms. The standard InChI is InChI=1S/C14H24N2O2/c1-4-16(5-2)12(10-15)11-7-8-13(17)14(9-11)18-6-3/h7-9,12,17H,4-6,10,15H2,1-3H3. The molecule has 0 heterocycles.